The Kier molecular flexibility index (Phi) is 9.33. The van der Waals surface area contributed by atoms with Crippen LogP contribution in [0.3, 0.4) is 0 Å². The third kappa shape index (κ3) is 6.84. The van der Waals surface area contributed by atoms with Gasteiger partial charge in [0.2, 0.25) is 11.8 Å². The number of nitrogens with zero attached hydrogens (tertiary/aromatic N) is 3. The van der Waals surface area contributed by atoms with Crippen LogP contribution in [-0.2, 0) is 14.4 Å². The Bertz CT molecular complexity index is 419. The first-order chi connectivity index (χ1) is 11.5. The van der Waals surface area contributed by atoms with Crippen LogP contribution < -0.4 is 5.32 Å². The van der Waals surface area contributed by atoms with Gasteiger partial charge in [0.15, 0.2) is 0 Å². The predicted octanol–water partition coefficient (Wildman–Crippen LogP) is -0.691. The minimum absolute atomic E-state index is 0.0239. The number of carbonyl (C=O) groups excluding carboxylic acids is 2. The number of nitrogens with one attached hydrogen (secondary N) is 1. The standard InChI is InChI=1S/C15H28N4O2.CH2O2/c1-3-16-15(21)13-5-8-19(11-13)14(20)12-18-7-4-6-17(2)9-10-18;2-1-3/h13H,3-12H2,1-2H3,(H,16,21);1H,(H,2,3). The Balaban J connectivity index is 0.000000891. The monoisotopic (exact) mass is 342 g/mol. The summed E-state index contributed by atoms with van der Waals surface area (Å²) in [6, 6.07) is 0. The Hall–Kier alpha value is -1.67. The third-order valence-electron chi connectivity index (χ3n) is 4.43. The Morgan fingerprint density at radius 2 is 1.92 bits per heavy atom. The van der Waals surface area contributed by atoms with Gasteiger partial charge in [-0.15, -0.1) is 0 Å². The van der Waals surface area contributed by atoms with E-state index in [9.17, 15) is 9.59 Å². The van der Waals surface area contributed by atoms with Crippen molar-refractivity contribution >= 4 is 18.3 Å². The predicted molar refractivity (Wildman–Crippen MR) is 90.6 cm³/mol. The summed E-state index contributed by atoms with van der Waals surface area (Å²) in [5, 5.41) is 9.74. The van der Waals surface area contributed by atoms with E-state index in [0.29, 0.717) is 26.2 Å². The number of carbonyl (C=O) groups is 3. The first-order valence-corrected chi connectivity index (χ1v) is 8.56. The first-order valence-electron chi connectivity index (χ1n) is 8.56. The third-order valence-corrected chi connectivity index (χ3v) is 4.43. The van der Waals surface area contributed by atoms with Crippen molar-refractivity contribution < 1.29 is 19.5 Å². The molecule has 2 fully saturated rings. The van der Waals surface area contributed by atoms with Gasteiger partial charge in [-0.2, -0.15) is 0 Å². The van der Waals surface area contributed by atoms with Crippen molar-refractivity contribution in [3.63, 3.8) is 0 Å². The molecule has 2 aliphatic rings. The second kappa shape index (κ2) is 11.0. The number of rotatable bonds is 4. The normalized spacial score (nSPS) is 22.2. The summed E-state index contributed by atoms with van der Waals surface area (Å²) in [6.45, 7) is 8.20. The molecular weight excluding hydrogens is 312 g/mol. The lowest BCUT2D eigenvalue weighted by molar-refractivity contribution is -0.132. The number of likely N-dealkylation sites (tertiary alicyclic amines) is 1. The maximum atomic E-state index is 12.4. The van der Waals surface area contributed by atoms with E-state index in [1.54, 1.807) is 0 Å². The van der Waals surface area contributed by atoms with Crippen molar-refractivity contribution in [1.29, 1.82) is 0 Å². The summed E-state index contributed by atoms with van der Waals surface area (Å²) in [4.78, 5) is 39.0. The zero-order chi connectivity index (χ0) is 17.9. The molecule has 2 amide bonds. The van der Waals surface area contributed by atoms with Crippen LogP contribution in [0.4, 0.5) is 0 Å². The average Bonchev–Trinajstić information content (AvgIpc) is 2.95. The van der Waals surface area contributed by atoms with E-state index in [1.807, 2.05) is 11.8 Å². The van der Waals surface area contributed by atoms with Crippen molar-refractivity contribution in [3.8, 4) is 0 Å². The molecule has 1 unspecified atom stereocenters. The molecule has 0 spiro atoms. The van der Waals surface area contributed by atoms with Gasteiger partial charge in [-0.1, -0.05) is 0 Å². The summed E-state index contributed by atoms with van der Waals surface area (Å²) < 4.78 is 0. The molecule has 2 rings (SSSR count). The molecule has 0 aromatic rings. The van der Waals surface area contributed by atoms with E-state index in [1.165, 1.54) is 0 Å². The smallest absolute Gasteiger partial charge is 0.290 e. The lowest BCUT2D eigenvalue weighted by atomic mass is 10.1. The average molecular weight is 342 g/mol. The van der Waals surface area contributed by atoms with Gasteiger partial charge in [0, 0.05) is 32.7 Å². The van der Waals surface area contributed by atoms with Gasteiger partial charge in [-0.25, -0.2) is 0 Å². The summed E-state index contributed by atoms with van der Waals surface area (Å²) in [5.41, 5.74) is 0. The fourth-order valence-electron chi connectivity index (χ4n) is 3.07. The Labute approximate surface area is 143 Å². The van der Waals surface area contributed by atoms with Crippen LogP contribution in [0.2, 0.25) is 0 Å². The van der Waals surface area contributed by atoms with Gasteiger partial charge in [0.1, 0.15) is 0 Å². The number of hydrogen-bond donors (Lipinski definition) is 2. The zero-order valence-corrected chi connectivity index (χ0v) is 14.7. The van der Waals surface area contributed by atoms with Crippen molar-refractivity contribution in [2.24, 2.45) is 5.92 Å². The first kappa shape index (κ1) is 20.4. The molecular formula is C16H30N4O4. The van der Waals surface area contributed by atoms with E-state index < -0.39 is 0 Å². The number of hydrogen-bond acceptors (Lipinski definition) is 5. The summed E-state index contributed by atoms with van der Waals surface area (Å²) in [5.74, 6) is 0.236. The fourth-order valence-corrected chi connectivity index (χ4v) is 3.07. The van der Waals surface area contributed by atoms with Gasteiger partial charge in [0.05, 0.1) is 12.5 Å². The van der Waals surface area contributed by atoms with E-state index in [0.717, 1.165) is 39.0 Å². The molecule has 2 aliphatic heterocycles. The highest BCUT2D eigenvalue weighted by atomic mass is 16.3. The van der Waals surface area contributed by atoms with Crippen molar-refractivity contribution in [2.45, 2.75) is 19.8 Å². The summed E-state index contributed by atoms with van der Waals surface area (Å²) in [7, 11) is 2.13. The molecule has 0 aromatic heterocycles. The van der Waals surface area contributed by atoms with Crippen molar-refractivity contribution in [2.75, 3.05) is 59.4 Å². The van der Waals surface area contributed by atoms with Crippen LogP contribution in [0.1, 0.15) is 19.8 Å². The molecule has 138 valence electrons. The number of amides is 2. The van der Waals surface area contributed by atoms with Crippen LogP contribution >= 0.6 is 0 Å². The number of carboxylic acid groups (broad SMARTS) is 1. The molecule has 0 aromatic carbocycles. The maximum Gasteiger partial charge on any atom is 0.290 e. The van der Waals surface area contributed by atoms with Gasteiger partial charge in [-0.05, 0) is 39.9 Å². The minimum atomic E-state index is -0.250. The van der Waals surface area contributed by atoms with Crippen molar-refractivity contribution in [1.82, 2.24) is 20.0 Å². The molecule has 8 nitrogen and oxygen atoms in total. The highest BCUT2D eigenvalue weighted by molar-refractivity contribution is 5.82. The maximum absolute atomic E-state index is 12.4. The Morgan fingerprint density at radius 3 is 2.58 bits per heavy atom. The Morgan fingerprint density at radius 1 is 1.21 bits per heavy atom. The molecule has 0 bridgehead atoms. The SMILES string of the molecule is CCNC(=O)C1CCN(C(=O)CN2CCCN(C)CC2)C1.O=CO. The molecule has 0 aliphatic carbocycles. The van der Waals surface area contributed by atoms with E-state index in [2.05, 4.69) is 22.2 Å². The van der Waals surface area contributed by atoms with Crippen LogP contribution in [0.15, 0.2) is 0 Å². The quantitative estimate of drug-likeness (QED) is 0.657. The van der Waals surface area contributed by atoms with Gasteiger partial charge in [-0.3, -0.25) is 19.3 Å². The second-order valence-corrected chi connectivity index (χ2v) is 6.26. The largest absolute Gasteiger partial charge is 0.483 e. The van der Waals surface area contributed by atoms with Gasteiger partial charge in [0.25, 0.3) is 6.47 Å². The molecule has 8 heteroatoms. The molecule has 0 radical (unpaired) electrons. The highest BCUT2D eigenvalue weighted by Crippen LogP contribution is 2.17. The molecule has 2 N–H and O–H groups in total. The van der Waals surface area contributed by atoms with Crippen LogP contribution in [-0.4, -0.2) is 97.5 Å². The molecule has 2 saturated heterocycles. The number of likely N-dealkylation sites (N-methyl/N-ethyl adjacent to an activating group) is 1. The minimum Gasteiger partial charge on any atom is -0.483 e. The molecule has 24 heavy (non-hydrogen) atoms. The zero-order valence-electron chi connectivity index (χ0n) is 14.7. The van der Waals surface area contributed by atoms with E-state index >= 15 is 0 Å². The topological polar surface area (TPSA) is 93.2 Å². The summed E-state index contributed by atoms with van der Waals surface area (Å²) >= 11 is 0. The fraction of sp³-hybridized carbons (Fsp3) is 0.812. The van der Waals surface area contributed by atoms with Crippen LogP contribution in [0.25, 0.3) is 0 Å². The van der Waals surface area contributed by atoms with Gasteiger partial charge < -0.3 is 20.2 Å². The molecule has 0 saturated carbocycles. The van der Waals surface area contributed by atoms with Crippen LogP contribution in [0, 0.1) is 5.92 Å². The highest BCUT2D eigenvalue weighted by Gasteiger charge is 2.31. The van der Waals surface area contributed by atoms with E-state index in [-0.39, 0.29) is 24.2 Å². The summed E-state index contributed by atoms with van der Waals surface area (Å²) in [6.07, 6.45) is 1.91. The van der Waals surface area contributed by atoms with Crippen molar-refractivity contribution in [3.05, 3.63) is 0 Å². The lowest BCUT2D eigenvalue weighted by Gasteiger charge is -2.23. The van der Waals surface area contributed by atoms with E-state index in [4.69, 9.17) is 9.90 Å². The van der Waals surface area contributed by atoms with Gasteiger partial charge >= 0.3 is 0 Å². The molecule has 1 atom stereocenters. The second-order valence-electron chi connectivity index (χ2n) is 6.26. The molecule has 2 heterocycles. The van der Waals surface area contributed by atoms with Crippen LogP contribution in [0.5, 0.6) is 0 Å². The lowest BCUT2D eigenvalue weighted by Crippen LogP contribution is -2.41.